The molecule has 2 unspecified atom stereocenters. The Bertz CT molecular complexity index is 1510. The van der Waals surface area contributed by atoms with E-state index in [1.54, 1.807) is 30.5 Å². The van der Waals surface area contributed by atoms with E-state index in [4.69, 9.17) is 0 Å². The molecule has 0 radical (unpaired) electrons. The van der Waals surface area contributed by atoms with E-state index in [9.17, 15) is 18.0 Å². The maximum Gasteiger partial charge on any atom is 0.256 e. The molecule has 1 aromatic heterocycles. The summed E-state index contributed by atoms with van der Waals surface area (Å²) in [7, 11) is -0.210. The fourth-order valence-corrected chi connectivity index (χ4v) is 8.83. The van der Waals surface area contributed by atoms with Crippen molar-refractivity contribution in [2.24, 2.45) is 11.8 Å². The number of thiophene rings is 1. The lowest BCUT2D eigenvalue weighted by Gasteiger charge is -2.34. The molecular formula is C31H38N4O4S2. The number of nitrogens with one attached hydrogen (secondary N) is 1. The number of hydrogen-bond donors (Lipinski definition) is 1. The van der Waals surface area contributed by atoms with Crippen LogP contribution in [0, 0.1) is 11.8 Å². The van der Waals surface area contributed by atoms with Crippen molar-refractivity contribution in [3.05, 3.63) is 81.7 Å². The number of amides is 2. The molecule has 0 spiro atoms. The largest absolute Gasteiger partial charge is 0.345 e. The van der Waals surface area contributed by atoms with Crippen molar-refractivity contribution < 1.29 is 18.0 Å². The van der Waals surface area contributed by atoms with Crippen molar-refractivity contribution in [1.29, 1.82) is 0 Å². The van der Waals surface area contributed by atoms with Gasteiger partial charge in [-0.2, -0.15) is 4.31 Å². The van der Waals surface area contributed by atoms with Crippen molar-refractivity contribution in [3.8, 4) is 0 Å². The van der Waals surface area contributed by atoms with Gasteiger partial charge in [-0.25, -0.2) is 8.42 Å². The minimum Gasteiger partial charge on any atom is -0.345 e. The van der Waals surface area contributed by atoms with E-state index >= 15 is 0 Å². The molecule has 1 saturated heterocycles. The van der Waals surface area contributed by atoms with Gasteiger partial charge < -0.3 is 10.2 Å². The molecule has 0 aliphatic carbocycles. The van der Waals surface area contributed by atoms with Crippen molar-refractivity contribution in [2.45, 2.75) is 44.7 Å². The first kappa shape index (κ1) is 29.4. The van der Waals surface area contributed by atoms with Crippen molar-refractivity contribution in [1.82, 2.24) is 14.1 Å². The molecule has 3 aromatic rings. The second-order valence-electron chi connectivity index (χ2n) is 11.6. The molecule has 2 aliphatic heterocycles. The highest BCUT2D eigenvalue weighted by atomic mass is 32.2. The molecule has 2 atom stereocenters. The quantitative estimate of drug-likeness (QED) is 0.419. The lowest BCUT2D eigenvalue weighted by molar-refractivity contribution is 0.0827. The van der Waals surface area contributed by atoms with Crippen LogP contribution in [0.4, 0.5) is 5.00 Å². The molecule has 5 rings (SSSR count). The molecule has 41 heavy (non-hydrogen) atoms. The zero-order valence-corrected chi connectivity index (χ0v) is 25.7. The Labute approximate surface area is 247 Å². The molecule has 1 N–H and O–H groups in total. The Morgan fingerprint density at radius 3 is 2.29 bits per heavy atom. The van der Waals surface area contributed by atoms with Crippen LogP contribution in [0.3, 0.4) is 0 Å². The number of carbonyl (C=O) groups excluding carboxylic acids is 2. The summed E-state index contributed by atoms with van der Waals surface area (Å²) in [6.07, 6.45) is 1.74. The smallest absolute Gasteiger partial charge is 0.256 e. The summed E-state index contributed by atoms with van der Waals surface area (Å²) >= 11 is 1.45. The van der Waals surface area contributed by atoms with Gasteiger partial charge in [-0.15, -0.1) is 11.3 Å². The summed E-state index contributed by atoms with van der Waals surface area (Å²) in [6, 6.07) is 16.4. The summed E-state index contributed by atoms with van der Waals surface area (Å²) in [5.74, 6) is 0.0989. The van der Waals surface area contributed by atoms with E-state index in [-0.39, 0.29) is 16.7 Å². The van der Waals surface area contributed by atoms with Crippen LogP contribution >= 0.6 is 11.3 Å². The zero-order valence-electron chi connectivity index (χ0n) is 24.1. The van der Waals surface area contributed by atoms with Gasteiger partial charge in [0.1, 0.15) is 5.00 Å². The SMILES string of the molecule is CC1CC(C)CN(S(=O)(=O)c2ccc(C(=O)Nc3sc4c(c3C(=O)N(C)C)CCN(Cc3ccccc3)C4)cc2)C1. The minimum absolute atomic E-state index is 0.138. The van der Waals surface area contributed by atoms with Gasteiger partial charge in [0.05, 0.1) is 10.5 Å². The number of sulfonamides is 1. The first-order valence-corrected chi connectivity index (χ1v) is 16.3. The van der Waals surface area contributed by atoms with E-state index in [0.29, 0.717) is 47.6 Å². The van der Waals surface area contributed by atoms with Crippen LogP contribution in [0.1, 0.15) is 57.0 Å². The molecule has 218 valence electrons. The highest BCUT2D eigenvalue weighted by molar-refractivity contribution is 7.89. The van der Waals surface area contributed by atoms with E-state index in [1.807, 2.05) is 18.2 Å². The fourth-order valence-electron chi connectivity index (χ4n) is 5.88. The molecule has 8 nitrogen and oxygen atoms in total. The number of fused-ring (bicyclic) bond motifs is 1. The van der Waals surface area contributed by atoms with Gasteiger partial charge in [-0.05, 0) is 60.1 Å². The minimum atomic E-state index is -3.64. The molecular weight excluding hydrogens is 556 g/mol. The Hall–Kier alpha value is -3.05. The number of carbonyl (C=O) groups is 2. The standard InChI is InChI=1S/C31H38N4O4S2/c1-21-16-22(2)18-35(17-21)41(38,39)25-12-10-24(11-13-25)29(36)32-30-28(31(37)33(3)4)26-14-15-34(20-27(26)40-30)19-23-8-6-5-7-9-23/h5-13,21-22H,14-20H2,1-4H3,(H,32,36). The molecule has 2 amide bonds. The zero-order chi connectivity index (χ0) is 29.3. The Morgan fingerprint density at radius 1 is 1.00 bits per heavy atom. The monoisotopic (exact) mass is 594 g/mol. The van der Waals surface area contributed by atoms with Crippen molar-refractivity contribution in [3.63, 3.8) is 0 Å². The molecule has 2 aliphatic rings. The predicted octanol–water partition coefficient (Wildman–Crippen LogP) is 4.93. The highest BCUT2D eigenvalue weighted by Gasteiger charge is 2.32. The second-order valence-corrected chi connectivity index (χ2v) is 14.6. The lowest BCUT2D eigenvalue weighted by atomic mass is 9.94. The summed E-state index contributed by atoms with van der Waals surface area (Å²) in [4.78, 5) is 31.7. The number of piperidine rings is 1. The van der Waals surface area contributed by atoms with Crippen LogP contribution in [0.5, 0.6) is 0 Å². The predicted molar refractivity (Wildman–Crippen MR) is 163 cm³/mol. The van der Waals surface area contributed by atoms with Crippen molar-refractivity contribution >= 4 is 38.2 Å². The normalized spacial score (nSPS) is 19.9. The van der Waals surface area contributed by atoms with Crippen molar-refractivity contribution in [2.75, 3.05) is 39.0 Å². The Kier molecular flexibility index (Phi) is 8.65. The van der Waals surface area contributed by atoms with E-state index in [2.05, 4.69) is 36.2 Å². The topological polar surface area (TPSA) is 90.0 Å². The number of anilines is 1. The fraction of sp³-hybridized carbons (Fsp3) is 0.419. The van der Waals surface area contributed by atoms with Crippen LogP contribution in [0.25, 0.3) is 0 Å². The maximum atomic E-state index is 13.3. The van der Waals surface area contributed by atoms with Gasteiger partial charge in [-0.1, -0.05) is 44.2 Å². The Balaban J connectivity index is 1.35. The van der Waals surface area contributed by atoms with Gasteiger partial charge in [0.15, 0.2) is 0 Å². The molecule has 10 heteroatoms. The first-order chi connectivity index (χ1) is 19.5. The van der Waals surface area contributed by atoms with E-state index in [0.717, 1.165) is 36.4 Å². The van der Waals surface area contributed by atoms with Crippen LogP contribution in [-0.4, -0.2) is 68.1 Å². The van der Waals surface area contributed by atoms with Crippen LogP contribution < -0.4 is 5.32 Å². The average molecular weight is 595 g/mol. The first-order valence-electron chi connectivity index (χ1n) is 14.1. The number of hydrogen-bond acceptors (Lipinski definition) is 6. The van der Waals surface area contributed by atoms with Gasteiger partial charge in [-0.3, -0.25) is 14.5 Å². The maximum absolute atomic E-state index is 13.3. The summed E-state index contributed by atoms with van der Waals surface area (Å²) in [6.45, 7) is 7.51. The van der Waals surface area contributed by atoms with E-state index in [1.165, 1.54) is 33.9 Å². The molecule has 3 heterocycles. The van der Waals surface area contributed by atoms with Crippen LogP contribution in [0.2, 0.25) is 0 Å². The number of rotatable bonds is 7. The lowest BCUT2D eigenvalue weighted by Crippen LogP contribution is -2.42. The van der Waals surface area contributed by atoms with Gasteiger partial charge in [0.25, 0.3) is 11.8 Å². The second kappa shape index (κ2) is 12.1. The highest BCUT2D eigenvalue weighted by Crippen LogP contribution is 2.38. The third kappa shape index (κ3) is 6.40. The molecule has 2 aromatic carbocycles. The Morgan fingerprint density at radius 2 is 1.66 bits per heavy atom. The average Bonchev–Trinajstić information content (AvgIpc) is 3.29. The van der Waals surface area contributed by atoms with Crippen LogP contribution in [-0.2, 0) is 29.5 Å². The molecule has 1 fully saturated rings. The van der Waals surface area contributed by atoms with E-state index < -0.39 is 10.0 Å². The summed E-state index contributed by atoms with van der Waals surface area (Å²) in [5, 5.41) is 3.51. The molecule has 0 bridgehead atoms. The summed E-state index contributed by atoms with van der Waals surface area (Å²) in [5.41, 5.74) is 3.13. The third-order valence-corrected chi connectivity index (χ3v) is 10.8. The van der Waals surface area contributed by atoms with Gasteiger partial charge >= 0.3 is 0 Å². The molecule has 0 saturated carbocycles. The number of benzene rings is 2. The van der Waals surface area contributed by atoms with Gasteiger partial charge in [0.2, 0.25) is 10.0 Å². The number of nitrogens with zero attached hydrogens (tertiary/aromatic N) is 3. The van der Waals surface area contributed by atoms with Crippen LogP contribution in [0.15, 0.2) is 59.5 Å². The third-order valence-electron chi connectivity index (χ3n) is 7.82. The van der Waals surface area contributed by atoms with Gasteiger partial charge in [0, 0.05) is 57.3 Å². The summed E-state index contributed by atoms with van der Waals surface area (Å²) < 4.78 is 28.1.